The van der Waals surface area contributed by atoms with Gasteiger partial charge < -0.3 is 5.32 Å². The maximum Gasteiger partial charge on any atom is 0.267 e. The first kappa shape index (κ1) is 16.9. The van der Waals surface area contributed by atoms with Crippen LogP contribution in [0, 0.1) is 0 Å². The Morgan fingerprint density at radius 3 is 2.20 bits per heavy atom. The first-order valence-corrected chi connectivity index (χ1v) is 8.72. The molecule has 1 amide bonds. The number of nitrogens with zero attached hydrogens (tertiary/aromatic N) is 2. The van der Waals surface area contributed by atoms with Gasteiger partial charge in [0.15, 0.2) is 5.11 Å². The van der Waals surface area contributed by atoms with Crippen LogP contribution in [-0.4, -0.2) is 11.0 Å². The molecule has 0 aliphatic rings. The molecule has 0 fully saturated rings. The molecule has 0 unspecified atom stereocenters. The van der Waals surface area contributed by atoms with Crippen molar-refractivity contribution in [1.82, 2.24) is 5.32 Å². The van der Waals surface area contributed by atoms with Gasteiger partial charge in [-0.2, -0.15) is 10.2 Å². The summed E-state index contributed by atoms with van der Waals surface area (Å²) in [5.74, 6) is -0.221. The van der Waals surface area contributed by atoms with Gasteiger partial charge in [-0.15, -0.1) is 11.3 Å². The summed E-state index contributed by atoms with van der Waals surface area (Å²) >= 11 is 6.52. The summed E-state index contributed by atoms with van der Waals surface area (Å²) in [6, 6.07) is 20.4. The molecule has 5 nitrogen and oxygen atoms in total. The number of benzene rings is 2. The minimum Gasteiger partial charge on any atom is -0.332 e. The van der Waals surface area contributed by atoms with Gasteiger partial charge in [0.05, 0.1) is 16.3 Å². The Labute approximate surface area is 154 Å². The van der Waals surface area contributed by atoms with Crippen molar-refractivity contribution in [2.75, 3.05) is 5.32 Å². The molecule has 0 bridgehead atoms. The fraction of sp³-hybridized carbons (Fsp3) is 0. The average Bonchev–Trinajstić information content (AvgIpc) is 3.17. The van der Waals surface area contributed by atoms with Crippen LogP contribution in [0.1, 0.15) is 9.67 Å². The van der Waals surface area contributed by atoms with Gasteiger partial charge in [-0.3, -0.25) is 10.1 Å². The molecule has 2 N–H and O–H groups in total. The van der Waals surface area contributed by atoms with Crippen LogP contribution in [0.3, 0.4) is 0 Å². The molecule has 0 aliphatic carbocycles. The molecule has 7 heteroatoms. The van der Waals surface area contributed by atoms with Gasteiger partial charge in [-0.25, -0.2) is 0 Å². The highest BCUT2D eigenvalue weighted by molar-refractivity contribution is 7.80. The second-order valence-electron chi connectivity index (χ2n) is 4.97. The third kappa shape index (κ3) is 5.03. The normalized spacial score (nSPS) is 10.6. The number of anilines is 1. The fourth-order valence-corrected chi connectivity index (χ4v) is 2.79. The molecule has 0 atom stereocenters. The van der Waals surface area contributed by atoms with Gasteiger partial charge >= 0.3 is 0 Å². The van der Waals surface area contributed by atoms with Crippen molar-refractivity contribution < 1.29 is 4.79 Å². The molecule has 3 rings (SSSR count). The number of nitrogens with one attached hydrogen (secondary N) is 2. The van der Waals surface area contributed by atoms with Crippen molar-refractivity contribution in [3.8, 4) is 0 Å². The van der Waals surface area contributed by atoms with E-state index in [0.29, 0.717) is 4.88 Å². The van der Waals surface area contributed by atoms with E-state index in [1.807, 2.05) is 66.0 Å². The number of amides is 1. The number of thiophene rings is 1. The molecule has 3 aromatic rings. The summed E-state index contributed by atoms with van der Waals surface area (Å²) in [6.07, 6.45) is 0. The van der Waals surface area contributed by atoms with Crippen LogP contribution in [0.2, 0.25) is 0 Å². The Balaban J connectivity index is 1.56. The SMILES string of the molecule is O=C(NC(=S)Nc1ccc(N=Nc2ccccc2)cc1)c1cccs1. The summed E-state index contributed by atoms with van der Waals surface area (Å²) in [6.45, 7) is 0. The van der Waals surface area contributed by atoms with Crippen LogP contribution in [-0.2, 0) is 0 Å². The zero-order valence-electron chi connectivity index (χ0n) is 13.0. The molecule has 2 aromatic carbocycles. The van der Waals surface area contributed by atoms with Crippen LogP contribution in [0.15, 0.2) is 82.3 Å². The lowest BCUT2D eigenvalue weighted by atomic mass is 10.3. The van der Waals surface area contributed by atoms with Crippen LogP contribution in [0.5, 0.6) is 0 Å². The number of hydrogen-bond donors (Lipinski definition) is 2. The second kappa shape index (κ2) is 8.27. The quantitative estimate of drug-likeness (QED) is 0.487. The monoisotopic (exact) mass is 366 g/mol. The molecule has 25 heavy (non-hydrogen) atoms. The molecule has 1 aromatic heterocycles. The summed E-state index contributed by atoms with van der Waals surface area (Å²) in [4.78, 5) is 12.5. The van der Waals surface area contributed by atoms with Gasteiger partial charge in [0.25, 0.3) is 5.91 Å². The largest absolute Gasteiger partial charge is 0.332 e. The van der Waals surface area contributed by atoms with E-state index < -0.39 is 0 Å². The van der Waals surface area contributed by atoms with E-state index in [1.165, 1.54) is 11.3 Å². The Morgan fingerprint density at radius 1 is 0.880 bits per heavy atom. The van der Waals surface area contributed by atoms with Gasteiger partial charge in [-0.1, -0.05) is 24.3 Å². The summed E-state index contributed by atoms with van der Waals surface area (Å²) in [5.41, 5.74) is 2.28. The molecule has 0 saturated heterocycles. The predicted molar refractivity (Wildman–Crippen MR) is 105 cm³/mol. The van der Waals surface area contributed by atoms with Crippen LogP contribution in [0.4, 0.5) is 17.1 Å². The van der Waals surface area contributed by atoms with Crippen molar-refractivity contribution in [2.45, 2.75) is 0 Å². The van der Waals surface area contributed by atoms with E-state index in [9.17, 15) is 4.79 Å². The highest BCUT2D eigenvalue weighted by Crippen LogP contribution is 2.20. The van der Waals surface area contributed by atoms with Crippen LogP contribution in [0.25, 0.3) is 0 Å². The van der Waals surface area contributed by atoms with E-state index >= 15 is 0 Å². The lowest BCUT2D eigenvalue weighted by Gasteiger charge is -2.08. The maximum absolute atomic E-state index is 11.9. The lowest BCUT2D eigenvalue weighted by molar-refractivity contribution is 0.0981. The third-order valence-corrected chi connectivity index (χ3v) is 4.21. The van der Waals surface area contributed by atoms with Gasteiger partial charge in [-0.05, 0) is 60.1 Å². The molecule has 124 valence electrons. The smallest absolute Gasteiger partial charge is 0.267 e. The molecule has 0 radical (unpaired) electrons. The summed E-state index contributed by atoms with van der Waals surface area (Å²) in [7, 11) is 0. The van der Waals surface area contributed by atoms with Crippen LogP contribution < -0.4 is 10.6 Å². The van der Waals surface area contributed by atoms with E-state index in [4.69, 9.17) is 12.2 Å². The second-order valence-corrected chi connectivity index (χ2v) is 6.32. The predicted octanol–water partition coefficient (Wildman–Crippen LogP) is 5.29. The highest BCUT2D eigenvalue weighted by atomic mass is 32.1. The molecule has 0 spiro atoms. The highest BCUT2D eigenvalue weighted by Gasteiger charge is 2.08. The Kier molecular flexibility index (Phi) is 5.61. The zero-order valence-corrected chi connectivity index (χ0v) is 14.7. The fourth-order valence-electron chi connectivity index (χ4n) is 1.96. The summed E-state index contributed by atoms with van der Waals surface area (Å²) in [5, 5.41) is 16.0. The first-order chi connectivity index (χ1) is 12.2. The van der Waals surface area contributed by atoms with E-state index in [1.54, 1.807) is 6.07 Å². The number of rotatable bonds is 4. The molecule has 1 heterocycles. The van der Waals surface area contributed by atoms with Crippen molar-refractivity contribution in [3.05, 3.63) is 77.0 Å². The van der Waals surface area contributed by atoms with Gasteiger partial charge in [0.2, 0.25) is 0 Å². The maximum atomic E-state index is 11.9. The standard InChI is InChI=1S/C18H14N4OS2/c23-17(16-7-4-12-25-16)20-18(24)19-13-8-10-15(11-9-13)22-21-14-5-2-1-3-6-14/h1-12H,(H2,19,20,23,24). The molecular formula is C18H14N4OS2. The number of thiocarbonyl (C=S) groups is 1. The Morgan fingerprint density at radius 2 is 1.56 bits per heavy atom. The average molecular weight is 366 g/mol. The third-order valence-electron chi connectivity index (χ3n) is 3.13. The topological polar surface area (TPSA) is 65.8 Å². The van der Waals surface area contributed by atoms with E-state index in [2.05, 4.69) is 20.9 Å². The number of carbonyl (C=O) groups excluding carboxylic acids is 1. The number of carbonyl (C=O) groups is 1. The minimum atomic E-state index is -0.221. The van der Waals surface area contributed by atoms with Crippen molar-refractivity contribution >= 4 is 51.6 Å². The lowest BCUT2D eigenvalue weighted by Crippen LogP contribution is -2.33. The van der Waals surface area contributed by atoms with Crippen molar-refractivity contribution in [1.29, 1.82) is 0 Å². The first-order valence-electron chi connectivity index (χ1n) is 7.43. The minimum absolute atomic E-state index is 0.221. The molecule has 0 aliphatic heterocycles. The Bertz CT molecular complexity index is 875. The van der Waals surface area contributed by atoms with Gasteiger partial charge in [0, 0.05) is 5.69 Å². The Hall–Kier alpha value is -2.90. The van der Waals surface area contributed by atoms with Crippen molar-refractivity contribution in [2.24, 2.45) is 10.2 Å². The van der Waals surface area contributed by atoms with E-state index in [-0.39, 0.29) is 11.0 Å². The number of azo groups is 1. The van der Waals surface area contributed by atoms with Gasteiger partial charge in [0.1, 0.15) is 0 Å². The molecular weight excluding hydrogens is 352 g/mol. The zero-order chi connectivity index (χ0) is 17.5. The summed E-state index contributed by atoms with van der Waals surface area (Å²) < 4.78 is 0. The van der Waals surface area contributed by atoms with Crippen molar-refractivity contribution in [3.63, 3.8) is 0 Å². The van der Waals surface area contributed by atoms with Crippen LogP contribution >= 0.6 is 23.6 Å². The van der Waals surface area contributed by atoms with E-state index in [0.717, 1.165) is 17.1 Å². The molecule has 0 saturated carbocycles. The number of hydrogen-bond acceptors (Lipinski definition) is 5.